The first kappa shape index (κ1) is 12.0. The maximum Gasteiger partial charge on any atom is 0.322 e. The van der Waals surface area contributed by atoms with E-state index in [2.05, 4.69) is 15.9 Å². The summed E-state index contributed by atoms with van der Waals surface area (Å²) in [5.74, 6) is -0.987. The summed E-state index contributed by atoms with van der Waals surface area (Å²) in [5.41, 5.74) is 6.37. The van der Waals surface area contributed by atoms with Crippen LogP contribution < -0.4 is 10.6 Å². The van der Waals surface area contributed by atoms with Crippen LogP contribution in [0.3, 0.4) is 0 Å². The zero-order chi connectivity index (χ0) is 11.4. The van der Waals surface area contributed by atoms with Crippen molar-refractivity contribution in [2.24, 2.45) is 5.73 Å². The highest BCUT2D eigenvalue weighted by Crippen LogP contribution is 2.17. The number of carboxylic acids is 1. The number of likely N-dealkylation sites (N-methyl/N-ethyl adjacent to an activating group) is 1. The van der Waals surface area contributed by atoms with E-state index in [0.29, 0.717) is 0 Å². The van der Waals surface area contributed by atoms with Crippen LogP contribution in [0, 0.1) is 0 Å². The highest BCUT2D eigenvalue weighted by Gasteiger charge is 2.14. The zero-order valence-corrected chi connectivity index (χ0v) is 9.94. The molecule has 0 amide bonds. The molecule has 1 aromatic carbocycles. The molecule has 0 aliphatic rings. The molecule has 0 bridgehead atoms. The summed E-state index contributed by atoms with van der Waals surface area (Å²) in [7, 11) is 1.81. The molecule has 1 unspecified atom stereocenters. The molecule has 15 heavy (non-hydrogen) atoms. The second-order valence-corrected chi connectivity index (χ2v) is 4.22. The van der Waals surface area contributed by atoms with Gasteiger partial charge in [0, 0.05) is 23.8 Å². The number of nitrogens with two attached hydrogens (primary N) is 1. The Balaban J connectivity index is 2.64. The lowest BCUT2D eigenvalue weighted by atomic mass is 10.2. The standard InChI is InChI=1S/C10H13BrN2O2/c1-13(6-9(12)10(14)15)8-4-2-7(11)3-5-8/h2-5,9H,6,12H2,1H3,(H,14,15). The minimum atomic E-state index is -0.987. The molecule has 3 N–H and O–H groups in total. The minimum Gasteiger partial charge on any atom is -0.480 e. The van der Waals surface area contributed by atoms with E-state index in [1.807, 2.05) is 36.2 Å². The van der Waals surface area contributed by atoms with Gasteiger partial charge in [-0.15, -0.1) is 0 Å². The average molecular weight is 273 g/mol. The van der Waals surface area contributed by atoms with Gasteiger partial charge in [0.1, 0.15) is 6.04 Å². The average Bonchev–Trinajstić information content (AvgIpc) is 2.18. The minimum absolute atomic E-state index is 0.289. The Hall–Kier alpha value is -1.07. The monoisotopic (exact) mass is 272 g/mol. The van der Waals surface area contributed by atoms with Crippen molar-refractivity contribution in [3.63, 3.8) is 0 Å². The fourth-order valence-corrected chi connectivity index (χ4v) is 1.44. The Morgan fingerprint density at radius 3 is 2.53 bits per heavy atom. The molecule has 5 heteroatoms. The number of aliphatic carboxylic acids is 1. The Bertz CT molecular complexity index is 340. The zero-order valence-electron chi connectivity index (χ0n) is 8.35. The van der Waals surface area contributed by atoms with E-state index < -0.39 is 12.0 Å². The fraction of sp³-hybridized carbons (Fsp3) is 0.300. The molecule has 0 aromatic heterocycles. The lowest BCUT2D eigenvalue weighted by Gasteiger charge is -2.21. The SMILES string of the molecule is CN(CC(N)C(=O)O)c1ccc(Br)cc1. The molecule has 82 valence electrons. The molecule has 1 aromatic rings. The number of benzene rings is 1. The predicted octanol–water partition coefficient (Wildman–Crippen LogP) is 1.30. The van der Waals surface area contributed by atoms with Crippen LogP contribution in [-0.4, -0.2) is 30.7 Å². The summed E-state index contributed by atoms with van der Waals surface area (Å²) in [5, 5.41) is 8.66. The van der Waals surface area contributed by atoms with Crippen LogP contribution in [0.25, 0.3) is 0 Å². The second kappa shape index (κ2) is 5.14. The number of anilines is 1. The van der Waals surface area contributed by atoms with Gasteiger partial charge in [-0.05, 0) is 24.3 Å². The molecule has 0 saturated heterocycles. The van der Waals surface area contributed by atoms with Gasteiger partial charge in [0.2, 0.25) is 0 Å². The Morgan fingerprint density at radius 1 is 1.53 bits per heavy atom. The van der Waals surface area contributed by atoms with Crippen LogP contribution in [-0.2, 0) is 4.79 Å². The van der Waals surface area contributed by atoms with Gasteiger partial charge in [-0.1, -0.05) is 15.9 Å². The van der Waals surface area contributed by atoms with E-state index in [0.717, 1.165) is 10.2 Å². The van der Waals surface area contributed by atoms with Crippen LogP contribution in [0.2, 0.25) is 0 Å². The van der Waals surface area contributed by atoms with Crippen molar-refractivity contribution < 1.29 is 9.90 Å². The lowest BCUT2D eigenvalue weighted by Crippen LogP contribution is -2.41. The molecule has 0 heterocycles. The van der Waals surface area contributed by atoms with Crippen LogP contribution in [0.4, 0.5) is 5.69 Å². The van der Waals surface area contributed by atoms with E-state index >= 15 is 0 Å². The van der Waals surface area contributed by atoms with Crippen molar-refractivity contribution in [1.29, 1.82) is 0 Å². The van der Waals surface area contributed by atoms with Crippen LogP contribution in [0.1, 0.15) is 0 Å². The van der Waals surface area contributed by atoms with Gasteiger partial charge in [-0.3, -0.25) is 4.79 Å². The molecule has 0 saturated carbocycles. The van der Waals surface area contributed by atoms with Crippen molar-refractivity contribution in [1.82, 2.24) is 0 Å². The van der Waals surface area contributed by atoms with Crippen molar-refractivity contribution in [3.8, 4) is 0 Å². The molecular weight excluding hydrogens is 260 g/mol. The number of carboxylic acid groups (broad SMARTS) is 1. The number of hydrogen-bond donors (Lipinski definition) is 2. The number of rotatable bonds is 4. The van der Waals surface area contributed by atoms with Crippen molar-refractivity contribution in [2.45, 2.75) is 6.04 Å². The molecule has 1 atom stereocenters. The van der Waals surface area contributed by atoms with Crippen molar-refractivity contribution in [3.05, 3.63) is 28.7 Å². The Labute approximate surface area is 96.8 Å². The number of nitrogens with zero attached hydrogens (tertiary/aromatic N) is 1. The lowest BCUT2D eigenvalue weighted by molar-refractivity contribution is -0.138. The number of hydrogen-bond acceptors (Lipinski definition) is 3. The molecule has 0 aliphatic heterocycles. The summed E-state index contributed by atoms with van der Waals surface area (Å²) in [6.07, 6.45) is 0. The van der Waals surface area contributed by atoms with E-state index in [-0.39, 0.29) is 6.54 Å². The molecule has 0 fully saturated rings. The molecule has 0 spiro atoms. The van der Waals surface area contributed by atoms with Crippen LogP contribution in [0.5, 0.6) is 0 Å². The largest absolute Gasteiger partial charge is 0.480 e. The third kappa shape index (κ3) is 3.53. The van der Waals surface area contributed by atoms with Gasteiger partial charge < -0.3 is 15.7 Å². The van der Waals surface area contributed by atoms with Gasteiger partial charge in [0.05, 0.1) is 0 Å². The van der Waals surface area contributed by atoms with E-state index in [9.17, 15) is 4.79 Å². The van der Waals surface area contributed by atoms with Crippen molar-refractivity contribution in [2.75, 3.05) is 18.5 Å². The van der Waals surface area contributed by atoms with Gasteiger partial charge in [-0.25, -0.2) is 0 Å². The molecule has 1 rings (SSSR count). The number of carbonyl (C=O) groups is 1. The topological polar surface area (TPSA) is 66.6 Å². The maximum atomic E-state index is 10.6. The molecular formula is C10H13BrN2O2. The quantitative estimate of drug-likeness (QED) is 0.867. The van der Waals surface area contributed by atoms with Gasteiger partial charge >= 0.3 is 5.97 Å². The first-order chi connectivity index (χ1) is 7.00. The normalized spacial score (nSPS) is 12.2. The summed E-state index contributed by atoms with van der Waals surface area (Å²) in [6.45, 7) is 0.289. The van der Waals surface area contributed by atoms with E-state index in [4.69, 9.17) is 10.8 Å². The highest BCUT2D eigenvalue weighted by atomic mass is 79.9. The fourth-order valence-electron chi connectivity index (χ4n) is 1.17. The Morgan fingerprint density at radius 2 is 2.07 bits per heavy atom. The number of halogens is 1. The third-order valence-corrected chi connectivity index (χ3v) is 2.58. The van der Waals surface area contributed by atoms with Crippen LogP contribution >= 0.6 is 15.9 Å². The molecule has 4 nitrogen and oxygen atoms in total. The smallest absolute Gasteiger partial charge is 0.322 e. The van der Waals surface area contributed by atoms with Gasteiger partial charge in [0.25, 0.3) is 0 Å². The first-order valence-electron chi connectivity index (χ1n) is 4.46. The third-order valence-electron chi connectivity index (χ3n) is 2.06. The maximum absolute atomic E-state index is 10.6. The van der Waals surface area contributed by atoms with Crippen molar-refractivity contribution >= 4 is 27.6 Å². The Kier molecular flexibility index (Phi) is 4.11. The van der Waals surface area contributed by atoms with Gasteiger partial charge in [-0.2, -0.15) is 0 Å². The predicted molar refractivity (Wildman–Crippen MR) is 63.0 cm³/mol. The molecule has 0 radical (unpaired) electrons. The van der Waals surface area contributed by atoms with E-state index in [1.54, 1.807) is 0 Å². The summed E-state index contributed by atoms with van der Waals surface area (Å²) >= 11 is 3.33. The summed E-state index contributed by atoms with van der Waals surface area (Å²) in [4.78, 5) is 12.4. The summed E-state index contributed by atoms with van der Waals surface area (Å²) in [6, 6.07) is 6.74. The van der Waals surface area contributed by atoms with Gasteiger partial charge in [0.15, 0.2) is 0 Å². The first-order valence-corrected chi connectivity index (χ1v) is 5.25. The summed E-state index contributed by atoms with van der Waals surface area (Å²) < 4.78 is 0.988. The second-order valence-electron chi connectivity index (χ2n) is 3.30. The van der Waals surface area contributed by atoms with Crippen LogP contribution in [0.15, 0.2) is 28.7 Å². The highest BCUT2D eigenvalue weighted by molar-refractivity contribution is 9.10. The molecule has 0 aliphatic carbocycles. The van der Waals surface area contributed by atoms with E-state index in [1.165, 1.54) is 0 Å².